The van der Waals surface area contributed by atoms with Crippen LogP contribution in [0, 0.1) is 13.8 Å². The van der Waals surface area contributed by atoms with Gasteiger partial charge in [0.15, 0.2) is 11.2 Å². The van der Waals surface area contributed by atoms with Crippen LogP contribution < -0.4 is 15.3 Å². The molecule has 0 aliphatic carbocycles. The summed E-state index contributed by atoms with van der Waals surface area (Å²) in [5.41, 5.74) is 2.46. The summed E-state index contributed by atoms with van der Waals surface area (Å²) in [6.07, 6.45) is 5.98. The van der Waals surface area contributed by atoms with Crippen molar-refractivity contribution < 1.29 is 17.6 Å². The molecule has 4 heterocycles. The summed E-state index contributed by atoms with van der Waals surface area (Å²) in [4.78, 5) is 25.6. The summed E-state index contributed by atoms with van der Waals surface area (Å²) in [5, 5.41) is 5.15. The van der Waals surface area contributed by atoms with E-state index in [4.69, 9.17) is 25.9 Å². The predicted octanol–water partition coefficient (Wildman–Crippen LogP) is 3.96. The minimum absolute atomic E-state index is 0.0467. The minimum atomic E-state index is -4.21. The second-order valence-electron chi connectivity index (χ2n) is 8.34. The van der Waals surface area contributed by atoms with Crippen LogP contribution in [0.2, 0.25) is 5.15 Å². The van der Waals surface area contributed by atoms with Crippen molar-refractivity contribution in [3.8, 4) is 17.1 Å². The summed E-state index contributed by atoms with van der Waals surface area (Å²) in [6, 6.07) is 6.33. The van der Waals surface area contributed by atoms with Gasteiger partial charge in [0.25, 0.3) is 10.0 Å². The largest absolute Gasteiger partial charge is 0.483 e. The molecule has 0 amide bonds. The second-order valence-corrected chi connectivity index (χ2v) is 10.2. The number of ether oxygens (including phenoxy) is 1. The Balaban J connectivity index is 1.68. The van der Waals surface area contributed by atoms with Crippen molar-refractivity contribution >= 4 is 38.4 Å². The fraction of sp³-hybridized carbons (Fsp3) is 0.167. The van der Waals surface area contributed by atoms with Gasteiger partial charge >= 0.3 is 0 Å². The lowest BCUT2D eigenvalue weighted by Gasteiger charge is -2.19. The molecule has 0 radical (unpaired) electrons. The van der Waals surface area contributed by atoms with Gasteiger partial charge in [0, 0.05) is 35.9 Å². The lowest BCUT2D eigenvalue weighted by atomic mass is 10.0. The Morgan fingerprint density at radius 3 is 2.72 bits per heavy atom. The molecule has 10 nitrogen and oxygen atoms in total. The maximum absolute atomic E-state index is 13.4. The number of sulfonamides is 1. The number of rotatable bonds is 5. The zero-order chi connectivity index (χ0) is 25.8. The Labute approximate surface area is 210 Å². The first kappa shape index (κ1) is 23.9. The van der Waals surface area contributed by atoms with Crippen molar-refractivity contribution in [2.45, 2.75) is 31.9 Å². The van der Waals surface area contributed by atoms with E-state index in [9.17, 15) is 13.2 Å². The molecule has 0 unspecified atom stereocenters. The van der Waals surface area contributed by atoms with Gasteiger partial charge in [0.05, 0.1) is 10.9 Å². The first-order valence-corrected chi connectivity index (χ1v) is 12.7. The van der Waals surface area contributed by atoms with Gasteiger partial charge in [-0.25, -0.2) is 28.5 Å². The SMILES string of the molecule is Cc1cc([C@@H](C)Oc2ccc(Cl)nc2S(N)(=O)=O)c2oc(-c3cnc4nccn4c3)c(C)c(=O)c2c1. The van der Waals surface area contributed by atoms with Gasteiger partial charge in [-0.1, -0.05) is 11.6 Å². The Morgan fingerprint density at radius 2 is 1.97 bits per heavy atom. The number of hydrogen-bond acceptors (Lipinski definition) is 8. The molecule has 1 aromatic carbocycles. The number of nitrogens with zero attached hydrogens (tertiary/aromatic N) is 4. The summed E-state index contributed by atoms with van der Waals surface area (Å²) in [6.45, 7) is 5.24. The van der Waals surface area contributed by atoms with E-state index in [1.54, 1.807) is 49.1 Å². The van der Waals surface area contributed by atoms with Crippen LogP contribution in [0.1, 0.15) is 29.7 Å². The fourth-order valence-corrected chi connectivity index (χ4v) is 4.85. The highest BCUT2D eigenvalue weighted by molar-refractivity contribution is 7.89. The monoisotopic (exact) mass is 525 g/mol. The van der Waals surface area contributed by atoms with Crippen LogP contribution in [0.15, 0.2) is 63.3 Å². The molecule has 0 aliphatic heterocycles. The molecule has 5 aromatic rings. The number of primary sulfonamides is 1. The van der Waals surface area contributed by atoms with Crippen LogP contribution >= 0.6 is 11.6 Å². The number of pyridine rings is 1. The molecule has 0 bridgehead atoms. The van der Waals surface area contributed by atoms with E-state index >= 15 is 0 Å². The summed E-state index contributed by atoms with van der Waals surface area (Å²) in [5.74, 6) is 0.792. The Morgan fingerprint density at radius 1 is 1.19 bits per heavy atom. The third-order valence-corrected chi connectivity index (χ3v) is 6.74. The second kappa shape index (κ2) is 8.70. The van der Waals surface area contributed by atoms with Gasteiger partial charge in [0.1, 0.15) is 22.6 Å². The molecule has 0 aliphatic rings. The van der Waals surface area contributed by atoms with Gasteiger partial charge in [-0.05, 0) is 50.6 Å². The van der Waals surface area contributed by atoms with Gasteiger partial charge in [-0.3, -0.25) is 9.20 Å². The molecule has 0 saturated heterocycles. The molecule has 0 spiro atoms. The first-order chi connectivity index (χ1) is 17.0. The van der Waals surface area contributed by atoms with Gasteiger partial charge in [-0.2, -0.15) is 0 Å². The van der Waals surface area contributed by atoms with Crippen LogP contribution in [0.5, 0.6) is 5.75 Å². The zero-order valence-corrected chi connectivity index (χ0v) is 21.0. The molecule has 5 rings (SSSR count). The molecule has 1 atom stereocenters. The molecular formula is C24H20ClN5O5S. The van der Waals surface area contributed by atoms with Crippen LogP contribution in [0.4, 0.5) is 0 Å². The maximum Gasteiger partial charge on any atom is 0.259 e. The standard InChI is InChI=1S/C24H20ClN5O5S/c1-12-8-16(14(3)34-18-4-5-19(25)29-23(18)36(26,32)33)22-17(9-12)20(31)13(2)21(35-22)15-10-28-24-27-6-7-30(24)11-15/h4-11,14H,1-3H3,(H2,26,32,33)/t14-/m1/s1. The molecule has 0 saturated carbocycles. The summed E-state index contributed by atoms with van der Waals surface area (Å²) < 4.78 is 38.1. The number of aromatic nitrogens is 4. The van der Waals surface area contributed by atoms with Gasteiger partial charge < -0.3 is 9.15 Å². The van der Waals surface area contributed by atoms with Crippen molar-refractivity contribution in [1.82, 2.24) is 19.4 Å². The number of hydrogen-bond donors (Lipinski definition) is 1. The molecule has 0 fully saturated rings. The average molecular weight is 526 g/mol. The van der Waals surface area contributed by atoms with Crippen molar-refractivity contribution in [3.63, 3.8) is 0 Å². The van der Waals surface area contributed by atoms with E-state index in [2.05, 4.69) is 15.0 Å². The molecule has 12 heteroatoms. The lowest BCUT2D eigenvalue weighted by molar-refractivity contribution is 0.219. The smallest absolute Gasteiger partial charge is 0.259 e. The van der Waals surface area contributed by atoms with Crippen LogP contribution in [0.3, 0.4) is 0 Å². The van der Waals surface area contributed by atoms with Crippen molar-refractivity contribution in [1.29, 1.82) is 0 Å². The van der Waals surface area contributed by atoms with E-state index in [1.165, 1.54) is 12.1 Å². The van der Waals surface area contributed by atoms with E-state index in [0.717, 1.165) is 5.56 Å². The number of fused-ring (bicyclic) bond motifs is 2. The topological polar surface area (TPSA) is 143 Å². The highest BCUT2D eigenvalue weighted by Crippen LogP contribution is 2.34. The van der Waals surface area contributed by atoms with E-state index in [-0.39, 0.29) is 16.3 Å². The van der Waals surface area contributed by atoms with Crippen molar-refractivity contribution in [2.75, 3.05) is 0 Å². The van der Waals surface area contributed by atoms with Crippen molar-refractivity contribution in [2.24, 2.45) is 5.14 Å². The Kier molecular flexibility index (Phi) is 5.78. The maximum atomic E-state index is 13.4. The Hall–Kier alpha value is -3.80. The molecule has 184 valence electrons. The average Bonchev–Trinajstić information content (AvgIpc) is 3.29. The van der Waals surface area contributed by atoms with Gasteiger partial charge in [-0.15, -0.1) is 0 Å². The van der Waals surface area contributed by atoms with E-state index in [1.807, 2.05) is 13.0 Å². The predicted molar refractivity (Wildman–Crippen MR) is 134 cm³/mol. The number of halogens is 1. The zero-order valence-electron chi connectivity index (χ0n) is 19.4. The Bertz CT molecular complexity index is 1830. The fourth-order valence-electron chi connectivity index (χ4n) is 4.03. The molecule has 36 heavy (non-hydrogen) atoms. The van der Waals surface area contributed by atoms with E-state index in [0.29, 0.717) is 39.2 Å². The van der Waals surface area contributed by atoms with Crippen LogP contribution in [-0.2, 0) is 10.0 Å². The summed E-state index contributed by atoms with van der Waals surface area (Å²) in [7, 11) is -4.21. The number of nitrogens with two attached hydrogens (primary N) is 1. The highest BCUT2D eigenvalue weighted by Gasteiger charge is 2.24. The van der Waals surface area contributed by atoms with Crippen LogP contribution in [0.25, 0.3) is 28.1 Å². The lowest BCUT2D eigenvalue weighted by Crippen LogP contribution is -2.17. The molecule has 2 N–H and O–H groups in total. The third-order valence-electron chi connectivity index (χ3n) is 5.70. The van der Waals surface area contributed by atoms with Crippen LogP contribution in [-0.4, -0.2) is 27.8 Å². The molecule has 4 aromatic heterocycles. The number of benzene rings is 1. The first-order valence-electron chi connectivity index (χ1n) is 10.8. The quantitative estimate of drug-likeness (QED) is 0.340. The number of aryl methyl sites for hydroxylation is 1. The minimum Gasteiger partial charge on any atom is -0.483 e. The van der Waals surface area contributed by atoms with Gasteiger partial charge in [0.2, 0.25) is 10.8 Å². The third kappa shape index (κ3) is 4.21. The highest BCUT2D eigenvalue weighted by atomic mass is 35.5. The normalized spacial score (nSPS) is 12.8. The van der Waals surface area contributed by atoms with E-state index < -0.39 is 21.2 Å². The number of imidazole rings is 1. The van der Waals surface area contributed by atoms with Crippen molar-refractivity contribution in [3.05, 3.63) is 81.1 Å². The molecular weight excluding hydrogens is 506 g/mol. The summed E-state index contributed by atoms with van der Waals surface area (Å²) >= 11 is 5.87.